The molecule has 2 nitrogen and oxygen atoms in total. The van der Waals surface area contributed by atoms with Crippen LogP contribution in [-0.4, -0.2) is 17.6 Å². The Balaban J connectivity index is 2.24. The summed E-state index contributed by atoms with van der Waals surface area (Å²) in [4.78, 5) is 4.78. The van der Waals surface area contributed by atoms with Gasteiger partial charge in [-0.15, -0.1) is 0 Å². The first-order valence-electron chi connectivity index (χ1n) is 3.78. The molecule has 10 heavy (non-hydrogen) atoms. The first kappa shape index (κ1) is 8.37. The molecule has 0 aromatic heterocycles. The quantitative estimate of drug-likeness (QED) is 0.622. The van der Waals surface area contributed by atoms with Crippen LogP contribution < -0.4 is 5.90 Å². The van der Waals surface area contributed by atoms with Crippen LogP contribution in [0.2, 0.25) is 0 Å². The van der Waals surface area contributed by atoms with Crippen molar-refractivity contribution in [3.63, 3.8) is 0 Å². The van der Waals surface area contributed by atoms with Crippen LogP contribution in [0.25, 0.3) is 0 Å². The molecule has 0 aromatic carbocycles. The molecular weight excluding hydrogens is 146 g/mol. The number of thioether (sulfide) groups is 1. The smallest absolute Gasteiger partial charge is 0.0795 e. The lowest BCUT2D eigenvalue weighted by atomic mass is 10.0. The molecule has 1 heterocycles. The summed E-state index contributed by atoms with van der Waals surface area (Å²) in [6.07, 6.45) is 2.85. The predicted molar refractivity (Wildman–Crippen MR) is 44.8 cm³/mol. The van der Waals surface area contributed by atoms with Crippen LogP contribution in [-0.2, 0) is 4.84 Å². The molecule has 0 aromatic rings. The zero-order valence-electron chi connectivity index (χ0n) is 6.38. The maximum absolute atomic E-state index is 5.09. The van der Waals surface area contributed by atoms with Gasteiger partial charge in [0.2, 0.25) is 0 Å². The van der Waals surface area contributed by atoms with Crippen molar-refractivity contribution in [2.45, 2.75) is 25.9 Å². The predicted octanol–water partition coefficient (Wildman–Crippen LogP) is 1.41. The zero-order valence-corrected chi connectivity index (χ0v) is 7.19. The summed E-state index contributed by atoms with van der Waals surface area (Å²) in [5, 5.41) is 0. The third-order valence-electron chi connectivity index (χ3n) is 2.07. The maximum atomic E-state index is 5.09. The van der Waals surface area contributed by atoms with Crippen LogP contribution in [0.15, 0.2) is 0 Å². The molecule has 2 N–H and O–H groups in total. The SMILES string of the molecule is CC(ON)C1CCCSC1. The first-order chi connectivity index (χ1) is 4.84. The van der Waals surface area contributed by atoms with E-state index in [1.54, 1.807) is 0 Å². The van der Waals surface area contributed by atoms with Crippen molar-refractivity contribution in [3.05, 3.63) is 0 Å². The molecule has 1 saturated heterocycles. The van der Waals surface area contributed by atoms with Gasteiger partial charge in [0.15, 0.2) is 0 Å². The van der Waals surface area contributed by atoms with E-state index in [1.165, 1.54) is 24.3 Å². The minimum atomic E-state index is 0.243. The van der Waals surface area contributed by atoms with E-state index in [9.17, 15) is 0 Å². The fourth-order valence-electron chi connectivity index (χ4n) is 1.25. The van der Waals surface area contributed by atoms with E-state index in [1.807, 2.05) is 11.8 Å². The van der Waals surface area contributed by atoms with Crippen molar-refractivity contribution in [3.8, 4) is 0 Å². The van der Waals surface area contributed by atoms with Crippen molar-refractivity contribution >= 4 is 11.8 Å². The Kier molecular flexibility index (Phi) is 3.52. The molecule has 0 radical (unpaired) electrons. The van der Waals surface area contributed by atoms with Gasteiger partial charge in [-0.2, -0.15) is 11.8 Å². The largest absolute Gasteiger partial charge is 0.301 e. The fraction of sp³-hybridized carbons (Fsp3) is 1.00. The molecule has 1 aliphatic rings. The van der Waals surface area contributed by atoms with E-state index in [4.69, 9.17) is 10.7 Å². The summed E-state index contributed by atoms with van der Waals surface area (Å²) in [6.45, 7) is 2.05. The molecule has 1 aliphatic heterocycles. The van der Waals surface area contributed by atoms with Gasteiger partial charge < -0.3 is 4.84 Å². The van der Waals surface area contributed by atoms with E-state index in [0.29, 0.717) is 5.92 Å². The Bertz CT molecular complexity index is 93.6. The van der Waals surface area contributed by atoms with Crippen molar-refractivity contribution in [1.29, 1.82) is 0 Å². The molecule has 0 saturated carbocycles. The number of rotatable bonds is 2. The van der Waals surface area contributed by atoms with Crippen LogP contribution in [0.5, 0.6) is 0 Å². The standard InChI is InChI=1S/C7H15NOS/c1-6(9-8)7-3-2-4-10-5-7/h6-7H,2-5,8H2,1H3. The summed E-state index contributed by atoms with van der Waals surface area (Å²) in [7, 11) is 0. The highest BCUT2D eigenvalue weighted by molar-refractivity contribution is 7.99. The third-order valence-corrected chi connectivity index (χ3v) is 3.32. The maximum Gasteiger partial charge on any atom is 0.0795 e. The summed E-state index contributed by atoms with van der Waals surface area (Å²) < 4.78 is 0. The van der Waals surface area contributed by atoms with E-state index >= 15 is 0 Å². The fourth-order valence-corrected chi connectivity index (χ4v) is 2.52. The van der Waals surface area contributed by atoms with Crippen LogP contribution in [0.4, 0.5) is 0 Å². The van der Waals surface area contributed by atoms with Gasteiger partial charge in [-0.05, 0) is 37.2 Å². The number of hydrogen-bond donors (Lipinski definition) is 1. The topological polar surface area (TPSA) is 35.2 Å². The van der Waals surface area contributed by atoms with Gasteiger partial charge in [0, 0.05) is 0 Å². The third kappa shape index (κ3) is 2.15. The normalized spacial score (nSPS) is 30.0. The van der Waals surface area contributed by atoms with E-state index in [-0.39, 0.29) is 6.10 Å². The number of hydrogen-bond acceptors (Lipinski definition) is 3. The molecule has 0 amide bonds. The van der Waals surface area contributed by atoms with E-state index in [0.717, 1.165) is 0 Å². The lowest BCUT2D eigenvalue weighted by molar-refractivity contribution is 0.0277. The van der Waals surface area contributed by atoms with Gasteiger partial charge >= 0.3 is 0 Å². The lowest BCUT2D eigenvalue weighted by Gasteiger charge is -2.25. The Morgan fingerprint density at radius 3 is 3.00 bits per heavy atom. The van der Waals surface area contributed by atoms with Crippen LogP contribution in [0.3, 0.4) is 0 Å². The Morgan fingerprint density at radius 1 is 1.70 bits per heavy atom. The van der Waals surface area contributed by atoms with E-state index < -0.39 is 0 Å². The highest BCUT2D eigenvalue weighted by atomic mass is 32.2. The Morgan fingerprint density at radius 2 is 2.50 bits per heavy atom. The van der Waals surface area contributed by atoms with Gasteiger partial charge in [0.25, 0.3) is 0 Å². The minimum absolute atomic E-state index is 0.243. The Labute approximate surface area is 66.5 Å². The molecular formula is C7H15NOS. The second-order valence-electron chi connectivity index (χ2n) is 2.82. The zero-order chi connectivity index (χ0) is 7.40. The first-order valence-corrected chi connectivity index (χ1v) is 4.93. The van der Waals surface area contributed by atoms with Gasteiger partial charge in [0.1, 0.15) is 0 Å². The van der Waals surface area contributed by atoms with Crippen molar-refractivity contribution in [1.82, 2.24) is 0 Å². The van der Waals surface area contributed by atoms with Gasteiger partial charge in [0.05, 0.1) is 6.10 Å². The van der Waals surface area contributed by atoms with Crippen LogP contribution >= 0.6 is 11.8 Å². The second kappa shape index (κ2) is 4.21. The van der Waals surface area contributed by atoms with Gasteiger partial charge in [-0.3, -0.25) is 0 Å². The summed E-state index contributed by atoms with van der Waals surface area (Å²) in [5.74, 6) is 8.31. The van der Waals surface area contributed by atoms with Gasteiger partial charge in [-0.25, -0.2) is 5.90 Å². The monoisotopic (exact) mass is 161 g/mol. The molecule has 0 bridgehead atoms. The summed E-state index contributed by atoms with van der Waals surface area (Å²) in [6, 6.07) is 0. The van der Waals surface area contributed by atoms with Crippen molar-refractivity contribution in [2.75, 3.05) is 11.5 Å². The van der Waals surface area contributed by atoms with Crippen molar-refractivity contribution < 1.29 is 4.84 Å². The molecule has 60 valence electrons. The molecule has 0 aliphatic carbocycles. The molecule has 1 rings (SSSR count). The molecule has 3 heteroatoms. The average molecular weight is 161 g/mol. The van der Waals surface area contributed by atoms with Crippen molar-refractivity contribution in [2.24, 2.45) is 11.8 Å². The molecule has 1 fully saturated rings. The lowest BCUT2D eigenvalue weighted by Crippen LogP contribution is -2.27. The second-order valence-corrected chi connectivity index (χ2v) is 3.97. The van der Waals surface area contributed by atoms with Gasteiger partial charge in [-0.1, -0.05) is 0 Å². The van der Waals surface area contributed by atoms with Crippen LogP contribution in [0, 0.1) is 5.92 Å². The molecule has 2 unspecified atom stereocenters. The highest BCUT2D eigenvalue weighted by Crippen LogP contribution is 2.25. The summed E-state index contributed by atoms with van der Waals surface area (Å²) in [5.41, 5.74) is 0. The van der Waals surface area contributed by atoms with E-state index in [2.05, 4.69) is 6.92 Å². The summed E-state index contributed by atoms with van der Waals surface area (Å²) >= 11 is 2.01. The Hall–Kier alpha value is 0.270. The average Bonchev–Trinajstić information content (AvgIpc) is 2.05. The highest BCUT2D eigenvalue weighted by Gasteiger charge is 2.19. The molecule has 2 atom stereocenters. The van der Waals surface area contributed by atoms with Crippen LogP contribution in [0.1, 0.15) is 19.8 Å². The minimum Gasteiger partial charge on any atom is -0.301 e. The molecule has 0 spiro atoms. The number of nitrogens with two attached hydrogens (primary N) is 1.